The van der Waals surface area contributed by atoms with Crippen molar-refractivity contribution in [2.24, 2.45) is 5.73 Å². The number of hydrogen-bond donors (Lipinski definition) is 1. The molecule has 6 heteroatoms. The molecule has 0 bridgehead atoms. The Morgan fingerprint density at radius 1 is 1.00 bits per heavy atom. The number of nitrogens with zero attached hydrogens (tertiary/aromatic N) is 2. The summed E-state index contributed by atoms with van der Waals surface area (Å²) in [5.41, 5.74) is 8.32. The highest BCUT2D eigenvalue weighted by Gasteiger charge is 2.35. The molecule has 2 aromatic carbocycles. The molecule has 1 saturated heterocycles. The fourth-order valence-corrected chi connectivity index (χ4v) is 3.89. The lowest BCUT2D eigenvalue weighted by atomic mass is 9.98. The number of nitrogens with two attached hydrogens (primary N) is 1. The molecule has 2 atom stereocenters. The van der Waals surface area contributed by atoms with Crippen LogP contribution in [0, 0.1) is 0 Å². The second-order valence-corrected chi connectivity index (χ2v) is 7.21. The summed E-state index contributed by atoms with van der Waals surface area (Å²) in [5.74, 6) is 0.418. The maximum absolute atomic E-state index is 13.1. The van der Waals surface area contributed by atoms with Crippen LogP contribution in [0.15, 0.2) is 48.5 Å². The van der Waals surface area contributed by atoms with Crippen LogP contribution in [0.5, 0.6) is 5.75 Å². The Balaban J connectivity index is 1.81. The predicted octanol–water partition coefficient (Wildman–Crippen LogP) is 1.75. The third-order valence-electron chi connectivity index (χ3n) is 5.25. The van der Waals surface area contributed by atoms with Crippen LogP contribution in [0.1, 0.15) is 16.8 Å². The van der Waals surface area contributed by atoms with Crippen LogP contribution in [0.3, 0.4) is 0 Å². The highest BCUT2D eigenvalue weighted by Crippen LogP contribution is 2.34. The number of para-hydroxylation sites is 1. The number of hydrogen-bond acceptors (Lipinski definition) is 4. The largest absolute Gasteiger partial charge is 0.491 e. The summed E-state index contributed by atoms with van der Waals surface area (Å²) in [6.07, 6.45) is 0.697. The van der Waals surface area contributed by atoms with Crippen LogP contribution in [-0.4, -0.2) is 60.4 Å². The smallest absolute Gasteiger partial charge is 0.254 e. The van der Waals surface area contributed by atoms with Crippen molar-refractivity contribution in [3.05, 3.63) is 54.1 Å². The molecule has 2 amide bonds. The van der Waals surface area contributed by atoms with Gasteiger partial charge in [-0.25, -0.2) is 0 Å². The number of carbonyl (C=O) groups excluding carboxylic acids is 2. The van der Waals surface area contributed by atoms with Crippen LogP contribution < -0.4 is 10.5 Å². The van der Waals surface area contributed by atoms with E-state index < -0.39 is 0 Å². The van der Waals surface area contributed by atoms with Crippen molar-refractivity contribution in [2.75, 3.05) is 26.7 Å². The molecule has 0 radical (unpaired) electrons. The zero-order valence-electron chi connectivity index (χ0n) is 15.3. The molecule has 2 aliphatic heterocycles. The van der Waals surface area contributed by atoms with Crippen LogP contribution in [0.25, 0.3) is 11.1 Å². The van der Waals surface area contributed by atoms with E-state index in [1.807, 2.05) is 42.5 Å². The molecule has 2 heterocycles. The summed E-state index contributed by atoms with van der Waals surface area (Å²) in [6.45, 7) is 0.904. The lowest BCUT2D eigenvalue weighted by Gasteiger charge is -2.28. The van der Waals surface area contributed by atoms with Gasteiger partial charge in [-0.1, -0.05) is 36.4 Å². The molecule has 2 N–H and O–H groups in total. The van der Waals surface area contributed by atoms with Gasteiger partial charge in [0, 0.05) is 30.8 Å². The van der Waals surface area contributed by atoms with E-state index in [4.69, 9.17) is 10.5 Å². The van der Waals surface area contributed by atoms with Gasteiger partial charge in [-0.3, -0.25) is 9.59 Å². The summed E-state index contributed by atoms with van der Waals surface area (Å²) in [7, 11) is 1.66. The Labute approximate surface area is 158 Å². The monoisotopic (exact) mass is 365 g/mol. The van der Waals surface area contributed by atoms with Crippen molar-refractivity contribution in [3.8, 4) is 16.9 Å². The fraction of sp³-hybridized carbons (Fsp3) is 0.333. The minimum atomic E-state index is -0.186. The van der Waals surface area contributed by atoms with E-state index in [9.17, 15) is 9.59 Å². The Hall–Kier alpha value is -2.86. The number of ether oxygens (including phenoxy) is 1. The molecule has 6 nitrogen and oxygen atoms in total. The first-order valence-electron chi connectivity index (χ1n) is 9.16. The number of fused-ring (bicyclic) bond motifs is 4. The molecule has 0 aliphatic carbocycles. The average Bonchev–Trinajstić information content (AvgIpc) is 3.06. The van der Waals surface area contributed by atoms with Gasteiger partial charge in [-0.2, -0.15) is 0 Å². The van der Waals surface area contributed by atoms with Crippen LogP contribution in [0.2, 0.25) is 0 Å². The zero-order chi connectivity index (χ0) is 19.0. The van der Waals surface area contributed by atoms with Crippen molar-refractivity contribution < 1.29 is 14.3 Å². The van der Waals surface area contributed by atoms with Gasteiger partial charge in [-0.05, 0) is 24.1 Å². The summed E-state index contributed by atoms with van der Waals surface area (Å²) in [5, 5.41) is 0. The van der Waals surface area contributed by atoms with E-state index in [1.165, 1.54) is 4.90 Å². The Morgan fingerprint density at radius 3 is 2.44 bits per heavy atom. The van der Waals surface area contributed by atoms with E-state index in [0.29, 0.717) is 30.9 Å². The maximum atomic E-state index is 13.1. The van der Waals surface area contributed by atoms with Crippen LogP contribution in [-0.2, 0) is 4.79 Å². The quantitative estimate of drug-likeness (QED) is 0.772. The fourth-order valence-electron chi connectivity index (χ4n) is 3.89. The molecule has 2 aliphatic rings. The van der Waals surface area contributed by atoms with Gasteiger partial charge < -0.3 is 20.3 Å². The van der Waals surface area contributed by atoms with Crippen molar-refractivity contribution in [1.29, 1.82) is 0 Å². The summed E-state index contributed by atoms with van der Waals surface area (Å²) >= 11 is 0. The minimum Gasteiger partial charge on any atom is -0.491 e. The maximum Gasteiger partial charge on any atom is 0.254 e. The summed E-state index contributed by atoms with van der Waals surface area (Å²) in [4.78, 5) is 29.1. The minimum absolute atomic E-state index is 0.0258. The van der Waals surface area contributed by atoms with Gasteiger partial charge in [-0.15, -0.1) is 0 Å². The topological polar surface area (TPSA) is 75.9 Å². The third-order valence-corrected chi connectivity index (χ3v) is 5.25. The second-order valence-electron chi connectivity index (χ2n) is 7.21. The lowest BCUT2D eigenvalue weighted by molar-refractivity contribution is -0.133. The van der Waals surface area contributed by atoms with E-state index in [0.717, 1.165) is 11.1 Å². The first-order chi connectivity index (χ1) is 13.0. The van der Waals surface area contributed by atoms with E-state index in [1.54, 1.807) is 18.0 Å². The zero-order valence-corrected chi connectivity index (χ0v) is 15.3. The van der Waals surface area contributed by atoms with Crippen molar-refractivity contribution in [1.82, 2.24) is 9.80 Å². The van der Waals surface area contributed by atoms with Gasteiger partial charge in [0.15, 0.2) is 0 Å². The van der Waals surface area contributed by atoms with Gasteiger partial charge in [0.25, 0.3) is 5.91 Å². The Kier molecular flexibility index (Phi) is 4.58. The normalized spacial score (nSPS) is 22.9. The number of carbonyl (C=O) groups is 2. The van der Waals surface area contributed by atoms with Crippen LogP contribution >= 0.6 is 0 Å². The number of amides is 2. The molecule has 0 unspecified atom stereocenters. The first kappa shape index (κ1) is 17.5. The average molecular weight is 365 g/mol. The van der Waals surface area contributed by atoms with Crippen molar-refractivity contribution >= 4 is 11.8 Å². The van der Waals surface area contributed by atoms with Gasteiger partial charge in [0.2, 0.25) is 5.91 Å². The second kappa shape index (κ2) is 7.04. The predicted molar refractivity (Wildman–Crippen MR) is 102 cm³/mol. The van der Waals surface area contributed by atoms with Gasteiger partial charge in [0.05, 0.1) is 12.6 Å². The molecule has 140 valence electrons. The molecule has 0 aromatic heterocycles. The number of benzene rings is 2. The number of likely N-dealkylation sites (N-methyl/N-ethyl adjacent to an activating group) is 1. The third kappa shape index (κ3) is 3.28. The summed E-state index contributed by atoms with van der Waals surface area (Å²) in [6, 6.07) is 15.0. The van der Waals surface area contributed by atoms with E-state index in [-0.39, 0.29) is 30.4 Å². The molecule has 0 saturated carbocycles. The molecule has 2 aromatic rings. The Bertz CT molecular complexity index is 882. The van der Waals surface area contributed by atoms with E-state index >= 15 is 0 Å². The number of rotatable bonds is 0. The molecule has 0 spiro atoms. The molecule has 1 fully saturated rings. The van der Waals surface area contributed by atoms with E-state index in [2.05, 4.69) is 0 Å². The lowest BCUT2D eigenvalue weighted by Crippen LogP contribution is -2.45. The molecule has 27 heavy (non-hydrogen) atoms. The van der Waals surface area contributed by atoms with Gasteiger partial charge >= 0.3 is 0 Å². The van der Waals surface area contributed by atoms with Crippen molar-refractivity contribution in [3.63, 3.8) is 0 Å². The Morgan fingerprint density at radius 2 is 1.67 bits per heavy atom. The molecular weight excluding hydrogens is 342 g/mol. The molecular formula is C21H23N3O3. The van der Waals surface area contributed by atoms with Gasteiger partial charge in [0.1, 0.15) is 12.4 Å². The highest BCUT2D eigenvalue weighted by molar-refractivity contribution is 6.02. The standard InChI is InChI=1S/C21H23N3O3/c1-23-12-20(25)24-11-14(22)10-15(24)13-27-19-9-5-4-7-17(19)16-6-2-3-8-18(16)21(23)26/h2-9,14-15H,10-13,22H2,1H3/t14-,15+/m1/s1. The first-order valence-corrected chi connectivity index (χ1v) is 9.16. The SMILES string of the molecule is CN1CC(=O)N2C[C@H](N)C[C@H]2COc2ccccc2-c2ccccc2C1=O. The van der Waals surface area contributed by atoms with Crippen molar-refractivity contribution in [2.45, 2.75) is 18.5 Å². The summed E-state index contributed by atoms with van der Waals surface area (Å²) < 4.78 is 6.12. The highest BCUT2D eigenvalue weighted by atomic mass is 16.5. The van der Waals surface area contributed by atoms with Crippen LogP contribution in [0.4, 0.5) is 0 Å². The molecule has 4 rings (SSSR count).